The molecule has 150 valence electrons. The van der Waals surface area contributed by atoms with Crippen LogP contribution in [0.1, 0.15) is 26.5 Å². The van der Waals surface area contributed by atoms with Crippen LogP contribution in [-0.2, 0) is 13.6 Å². The second kappa shape index (κ2) is 9.71. The number of halogens is 1. The summed E-state index contributed by atoms with van der Waals surface area (Å²) in [6, 6.07) is 14.2. The minimum Gasteiger partial charge on any atom is -0.496 e. The smallest absolute Gasteiger partial charge is 0.255 e. The van der Waals surface area contributed by atoms with E-state index < -0.39 is 0 Å². The Morgan fingerprint density at radius 1 is 1.14 bits per heavy atom. The predicted octanol–water partition coefficient (Wildman–Crippen LogP) is 3.49. The van der Waals surface area contributed by atoms with Gasteiger partial charge in [-0.2, -0.15) is 0 Å². The fourth-order valence-corrected chi connectivity index (χ4v) is 3.65. The minimum atomic E-state index is -0.259. The third-order valence-corrected chi connectivity index (χ3v) is 5.73. The molecule has 1 heterocycles. The summed E-state index contributed by atoms with van der Waals surface area (Å²) in [6.07, 6.45) is 0. The molecule has 1 amide bonds. The van der Waals surface area contributed by atoms with Gasteiger partial charge in [-0.25, -0.2) is 0 Å². The van der Waals surface area contributed by atoms with Crippen LogP contribution < -0.4 is 10.1 Å². The molecule has 3 aromatic rings. The maximum absolute atomic E-state index is 12.4. The lowest BCUT2D eigenvalue weighted by Gasteiger charge is -2.09. The van der Waals surface area contributed by atoms with Crippen LogP contribution in [0, 0.1) is 0 Å². The molecule has 0 atom stereocenters. The van der Waals surface area contributed by atoms with Crippen LogP contribution in [0.15, 0.2) is 58.2 Å². The highest BCUT2D eigenvalue weighted by atomic mass is 79.9. The SMILES string of the molecule is COc1ccccc1C(=O)NCc1nnc(SCC(=O)c2ccc(Br)cc2)n1C. The highest BCUT2D eigenvalue weighted by Crippen LogP contribution is 2.19. The van der Waals surface area contributed by atoms with Crippen LogP contribution in [0.2, 0.25) is 0 Å². The first-order valence-corrected chi connectivity index (χ1v) is 10.5. The Morgan fingerprint density at radius 2 is 1.86 bits per heavy atom. The Kier molecular flexibility index (Phi) is 7.05. The number of hydrogen-bond acceptors (Lipinski definition) is 6. The van der Waals surface area contributed by atoms with Crippen molar-refractivity contribution in [2.45, 2.75) is 11.7 Å². The van der Waals surface area contributed by atoms with Crippen molar-refractivity contribution in [3.63, 3.8) is 0 Å². The average Bonchev–Trinajstić information content (AvgIpc) is 3.10. The summed E-state index contributed by atoms with van der Waals surface area (Å²) in [6.45, 7) is 0.210. The molecular weight excluding hydrogens is 456 g/mol. The monoisotopic (exact) mass is 474 g/mol. The van der Waals surface area contributed by atoms with Crippen molar-refractivity contribution < 1.29 is 14.3 Å². The molecule has 0 bridgehead atoms. The van der Waals surface area contributed by atoms with Crippen LogP contribution in [-0.4, -0.2) is 39.3 Å². The molecule has 0 aliphatic rings. The van der Waals surface area contributed by atoms with E-state index >= 15 is 0 Å². The largest absolute Gasteiger partial charge is 0.496 e. The lowest BCUT2D eigenvalue weighted by molar-refractivity contribution is 0.0945. The lowest BCUT2D eigenvalue weighted by Crippen LogP contribution is -2.25. The number of ketones is 1. The van der Waals surface area contributed by atoms with E-state index in [1.54, 1.807) is 48.0 Å². The highest BCUT2D eigenvalue weighted by molar-refractivity contribution is 9.10. The van der Waals surface area contributed by atoms with Gasteiger partial charge in [0.25, 0.3) is 5.91 Å². The number of methoxy groups -OCH3 is 1. The molecular formula is C20H19BrN4O3S. The van der Waals surface area contributed by atoms with E-state index in [1.807, 2.05) is 12.1 Å². The Morgan fingerprint density at radius 3 is 2.59 bits per heavy atom. The molecule has 0 saturated heterocycles. The topological polar surface area (TPSA) is 86.1 Å². The number of benzene rings is 2. The summed E-state index contributed by atoms with van der Waals surface area (Å²) in [5.41, 5.74) is 1.10. The van der Waals surface area contributed by atoms with Crippen molar-refractivity contribution in [3.05, 3.63) is 70.0 Å². The molecule has 0 fully saturated rings. The van der Waals surface area contributed by atoms with E-state index in [-0.39, 0.29) is 24.0 Å². The number of hydrogen-bond donors (Lipinski definition) is 1. The molecule has 1 N–H and O–H groups in total. The quantitative estimate of drug-likeness (QED) is 0.397. The maximum Gasteiger partial charge on any atom is 0.255 e. The normalized spacial score (nSPS) is 10.6. The van der Waals surface area contributed by atoms with Gasteiger partial charge >= 0.3 is 0 Å². The summed E-state index contributed by atoms with van der Waals surface area (Å²) in [5, 5.41) is 11.7. The van der Waals surface area contributed by atoms with Crippen molar-refractivity contribution in [2.75, 3.05) is 12.9 Å². The number of rotatable bonds is 8. The predicted molar refractivity (Wildman–Crippen MR) is 114 cm³/mol. The first-order chi connectivity index (χ1) is 14.0. The molecule has 9 heteroatoms. The molecule has 0 aliphatic heterocycles. The van der Waals surface area contributed by atoms with Gasteiger partial charge in [0.1, 0.15) is 5.75 Å². The lowest BCUT2D eigenvalue weighted by atomic mass is 10.2. The maximum atomic E-state index is 12.4. The van der Waals surface area contributed by atoms with Gasteiger partial charge in [-0.1, -0.05) is 52.0 Å². The van der Waals surface area contributed by atoms with Crippen molar-refractivity contribution in [2.24, 2.45) is 7.05 Å². The first-order valence-electron chi connectivity index (χ1n) is 8.70. The molecule has 0 radical (unpaired) electrons. The number of amides is 1. The van der Waals surface area contributed by atoms with Gasteiger partial charge < -0.3 is 14.6 Å². The Bertz CT molecular complexity index is 1020. The summed E-state index contributed by atoms with van der Waals surface area (Å²) < 4.78 is 7.90. The van der Waals surface area contributed by atoms with E-state index in [0.29, 0.717) is 27.9 Å². The van der Waals surface area contributed by atoms with Gasteiger partial charge in [-0.3, -0.25) is 9.59 Å². The van der Waals surface area contributed by atoms with E-state index in [4.69, 9.17) is 4.74 Å². The zero-order chi connectivity index (χ0) is 20.8. The van der Waals surface area contributed by atoms with Gasteiger partial charge in [0, 0.05) is 17.1 Å². The summed E-state index contributed by atoms with van der Waals surface area (Å²) in [5.74, 6) is 1.10. The van der Waals surface area contributed by atoms with Crippen LogP contribution in [0.3, 0.4) is 0 Å². The number of para-hydroxylation sites is 1. The molecule has 3 rings (SSSR count). The van der Waals surface area contributed by atoms with Gasteiger partial charge in [0.2, 0.25) is 0 Å². The van der Waals surface area contributed by atoms with E-state index in [1.165, 1.54) is 18.9 Å². The summed E-state index contributed by atoms with van der Waals surface area (Å²) in [4.78, 5) is 24.7. The third-order valence-electron chi connectivity index (χ3n) is 4.18. The molecule has 0 saturated carbocycles. The first kappa shape index (κ1) is 21.1. The number of thioether (sulfide) groups is 1. The zero-order valence-electron chi connectivity index (χ0n) is 15.9. The van der Waals surface area contributed by atoms with E-state index in [9.17, 15) is 9.59 Å². The Hall–Kier alpha value is -2.65. The van der Waals surface area contributed by atoms with Gasteiger partial charge in [0.05, 0.1) is 25.0 Å². The van der Waals surface area contributed by atoms with Crippen molar-refractivity contribution in [3.8, 4) is 5.75 Å². The number of carbonyl (C=O) groups excluding carboxylic acids is 2. The fourth-order valence-electron chi connectivity index (χ4n) is 2.56. The van der Waals surface area contributed by atoms with Crippen LogP contribution >= 0.6 is 27.7 Å². The van der Waals surface area contributed by atoms with Gasteiger partial charge in [0.15, 0.2) is 16.8 Å². The number of carbonyl (C=O) groups is 2. The minimum absolute atomic E-state index is 0.0107. The van der Waals surface area contributed by atoms with E-state index in [0.717, 1.165) is 4.47 Å². The van der Waals surface area contributed by atoms with Crippen LogP contribution in [0.25, 0.3) is 0 Å². The molecule has 7 nitrogen and oxygen atoms in total. The zero-order valence-corrected chi connectivity index (χ0v) is 18.3. The van der Waals surface area contributed by atoms with Crippen molar-refractivity contribution in [1.29, 1.82) is 0 Å². The molecule has 2 aromatic carbocycles. The van der Waals surface area contributed by atoms with Crippen LogP contribution in [0.5, 0.6) is 5.75 Å². The van der Waals surface area contributed by atoms with Crippen molar-refractivity contribution >= 4 is 39.4 Å². The number of ether oxygens (including phenoxy) is 1. The molecule has 0 aliphatic carbocycles. The van der Waals surface area contributed by atoms with Gasteiger partial charge in [-0.05, 0) is 24.3 Å². The number of Topliss-reactive ketones (excluding diaryl/α,β-unsaturated/α-hetero) is 1. The molecule has 0 unspecified atom stereocenters. The third kappa shape index (κ3) is 5.24. The fraction of sp³-hybridized carbons (Fsp3) is 0.200. The van der Waals surface area contributed by atoms with E-state index in [2.05, 4.69) is 31.4 Å². The standard InChI is InChI=1S/C20H19BrN4O3S/c1-25-18(11-22-19(27)15-5-3-4-6-17(15)28-2)23-24-20(25)29-12-16(26)13-7-9-14(21)10-8-13/h3-10H,11-12H2,1-2H3,(H,22,27). The summed E-state index contributed by atoms with van der Waals surface area (Å²) in [7, 11) is 3.32. The number of nitrogens with one attached hydrogen (secondary N) is 1. The average molecular weight is 475 g/mol. The Balaban J connectivity index is 1.58. The highest BCUT2D eigenvalue weighted by Gasteiger charge is 2.15. The molecule has 0 spiro atoms. The second-order valence-electron chi connectivity index (χ2n) is 6.06. The van der Waals surface area contributed by atoms with Crippen molar-refractivity contribution in [1.82, 2.24) is 20.1 Å². The molecule has 29 heavy (non-hydrogen) atoms. The van der Waals surface area contributed by atoms with Gasteiger partial charge in [-0.15, -0.1) is 10.2 Å². The second-order valence-corrected chi connectivity index (χ2v) is 7.92. The Labute approximate surface area is 181 Å². The molecule has 1 aromatic heterocycles. The number of aromatic nitrogens is 3. The van der Waals surface area contributed by atoms with Crippen LogP contribution in [0.4, 0.5) is 0 Å². The summed E-state index contributed by atoms with van der Waals surface area (Å²) >= 11 is 4.66. The number of nitrogens with zero attached hydrogens (tertiary/aromatic N) is 3.